The first kappa shape index (κ1) is 22.1. The van der Waals surface area contributed by atoms with Crippen LogP contribution in [-0.4, -0.2) is 25.8 Å². The van der Waals surface area contributed by atoms with Crippen LogP contribution in [0.15, 0.2) is 55.1 Å². The van der Waals surface area contributed by atoms with Gasteiger partial charge in [0.05, 0.1) is 25.4 Å². The van der Waals surface area contributed by atoms with E-state index < -0.39 is 11.8 Å². The summed E-state index contributed by atoms with van der Waals surface area (Å²) in [6.45, 7) is 12.0. The second kappa shape index (κ2) is 10.4. The van der Waals surface area contributed by atoms with Crippen LogP contribution in [-0.2, 0) is 15.3 Å². The van der Waals surface area contributed by atoms with Crippen molar-refractivity contribution in [2.45, 2.75) is 33.5 Å². The molecule has 0 aliphatic carbocycles. The summed E-state index contributed by atoms with van der Waals surface area (Å²) in [7, 11) is 0. The molecule has 0 spiro atoms. The van der Waals surface area contributed by atoms with Gasteiger partial charge in [0.25, 0.3) is 5.79 Å². The quantitative estimate of drug-likeness (QED) is 0.305. The molecule has 2 aromatic carbocycles. The third-order valence-electron chi connectivity index (χ3n) is 3.96. The van der Waals surface area contributed by atoms with Crippen LogP contribution in [0.1, 0.15) is 33.3 Å². The van der Waals surface area contributed by atoms with Crippen LogP contribution < -0.4 is 18.9 Å². The van der Waals surface area contributed by atoms with Gasteiger partial charge in [-0.25, -0.2) is 4.79 Å². The van der Waals surface area contributed by atoms with Crippen LogP contribution in [0.4, 0.5) is 0 Å². The number of carbonyl (C=O) groups excluding carboxylic acids is 1. The smallest absolute Gasteiger partial charge is 0.333 e. The van der Waals surface area contributed by atoms with Gasteiger partial charge in [0, 0.05) is 13.0 Å². The van der Waals surface area contributed by atoms with E-state index in [0.717, 1.165) is 6.08 Å². The summed E-state index contributed by atoms with van der Waals surface area (Å²) in [5, 5.41) is 0. The standard InChI is InChI=1S/C23H28O6/c1-6-20(24)29-23(5,28-17-13-11-10-12-14-17)18-15-16-19(25-7-2)22(27-9-4)21(18)26-8-3/h6,10-16H,1,7-9H2,2-5H3. The lowest BCUT2D eigenvalue weighted by molar-refractivity contribution is -0.191. The summed E-state index contributed by atoms with van der Waals surface area (Å²) >= 11 is 0. The molecule has 0 aliphatic heterocycles. The zero-order chi connectivity index (χ0) is 21.3. The Morgan fingerprint density at radius 3 is 2.14 bits per heavy atom. The number of esters is 1. The molecular formula is C23H28O6. The van der Waals surface area contributed by atoms with E-state index in [-0.39, 0.29) is 0 Å². The molecule has 156 valence electrons. The fourth-order valence-electron chi connectivity index (χ4n) is 2.82. The monoisotopic (exact) mass is 400 g/mol. The Morgan fingerprint density at radius 1 is 0.931 bits per heavy atom. The third-order valence-corrected chi connectivity index (χ3v) is 3.96. The SMILES string of the molecule is C=CC(=O)OC(C)(Oc1ccccc1)c1ccc(OCC)c(OCC)c1OCC. The summed E-state index contributed by atoms with van der Waals surface area (Å²) in [6, 6.07) is 12.6. The average Bonchev–Trinajstić information content (AvgIpc) is 2.71. The van der Waals surface area contributed by atoms with Crippen molar-refractivity contribution in [3.63, 3.8) is 0 Å². The Morgan fingerprint density at radius 2 is 1.55 bits per heavy atom. The summed E-state index contributed by atoms with van der Waals surface area (Å²) in [5.74, 6) is -0.215. The molecule has 0 radical (unpaired) electrons. The minimum absolute atomic E-state index is 0.374. The van der Waals surface area contributed by atoms with Gasteiger partial charge in [-0.05, 0) is 45.0 Å². The third kappa shape index (κ3) is 5.44. The van der Waals surface area contributed by atoms with E-state index in [9.17, 15) is 4.79 Å². The highest BCUT2D eigenvalue weighted by Crippen LogP contribution is 2.46. The summed E-state index contributed by atoms with van der Waals surface area (Å²) < 4.78 is 29.2. The van der Waals surface area contributed by atoms with Gasteiger partial charge in [0.15, 0.2) is 11.5 Å². The average molecular weight is 400 g/mol. The predicted molar refractivity (Wildman–Crippen MR) is 111 cm³/mol. The molecule has 0 fully saturated rings. The zero-order valence-electron chi connectivity index (χ0n) is 17.4. The molecule has 1 unspecified atom stereocenters. The molecule has 0 heterocycles. The molecule has 6 nitrogen and oxygen atoms in total. The largest absolute Gasteiger partial charge is 0.490 e. The van der Waals surface area contributed by atoms with Gasteiger partial charge in [0.2, 0.25) is 5.75 Å². The lowest BCUT2D eigenvalue weighted by atomic mass is 10.0. The number of hydrogen-bond acceptors (Lipinski definition) is 6. The van der Waals surface area contributed by atoms with Gasteiger partial charge >= 0.3 is 5.97 Å². The molecule has 0 aliphatic rings. The molecular weight excluding hydrogens is 372 g/mol. The molecule has 1 atom stereocenters. The molecule has 0 saturated carbocycles. The molecule has 29 heavy (non-hydrogen) atoms. The molecule has 0 aromatic heterocycles. The van der Waals surface area contributed by atoms with E-state index in [1.165, 1.54) is 0 Å². The van der Waals surface area contributed by atoms with Crippen LogP contribution >= 0.6 is 0 Å². The fourth-order valence-corrected chi connectivity index (χ4v) is 2.82. The predicted octanol–water partition coefficient (Wildman–Crippen LogP) is 4.86. The first-order chi connectivity index (χ1) is 14.0. The molecule has 0 saturated heterocycles. The molecule has 0 N–H and O–H groups in total. The van der Waals surface area contributed by atoms with Crippen molar-refractivity contribution in [2.75, 3.05) is 19.8 Å². The van der Waals surface area contributed by atoms with Crippen LogP contribution in [0.2, 0.25) is 0 Å². The highest BCUT2D eigenvalue weighted by molar-refractivity contribution is 5.81. The van der Waals surface area contributed by atoms with E-state index >= 15 is 0 Å². The van der Waals surface area contributed by atoms with Crippen molar-refractivity contribution in [3.8, 4) is 23.0 Å². The molecule has 2 aromatic rings. The van der Waals surface area contributed by atoms with Gasteiger partial charge in [0.1, 0.15) is 5.75 Å². The Bertz CT molecular complexity index is 818. The highest BCUT2D eigenvalue weighted by Gasteiger charge is 2.38. The second-order valence-corrected chi connectivity index (χ2v) is 6.05. The van der Waals surface area contributed by atoms with Gasteiger partial charge in [-0.15, -0.1) is 0 Å². The number of carbonyl (C=O) groups is 1. The van der Waals surface area contributed by atoms with Gasteiger partial charge in [-0.3, -0.25) is 0 Å². The minimum atomic E-state index is -1.49. The summed E-state index contributed by atoms with van der Waals surface area (Å²) in [6.07, 6.45) is 1.09. The van der Waals surface area contributed by atoms with Crippen molar-refractivity contribution in [1.29, 1.82) is 0 Å². The summed E-state index contributed by atoms with van der Waals surface area (Å²) in [4.78, 5) is 12.1. The van der Waals surface area contributed by atoms with Crippen LogP contribution in [0, 0.1) is 0 Å². The van der Waals surface area contributed by atoms with E-state index in [2.05, 4.69) is 6.58 Å². The maximum Gasteiger partial charge on any atom is 0.333 e. The van der Waals surface area contributed by atoms with Crippen molar-refractivity contribution in [3.05, 3.63) is 60.7 Å². The van der Waals surface area contributed by atoms with Crippen LogP contribution in [0.5, 0.6) is 23.0 Å². The lowest BCUT2D eigenvalue weighted by Crippen LogP contribution is -2.35. The first-order valence-corrected chi connectivity index (χ1v) is 9.64. The number of hydrogen-bond donors (Lipinski definition) is 0. The van der Waals surface area contributed by atoms with E-state index in [0.29, 0.717) is 48.4 Å². The first-order valence-electron chi connectivity index (χ1n) is 9.64. The molecule has 2 rings (SSSR count). The maximum absolute atomic E-state index is 12.1. The normalized spacial score (nSPS) is 12.4. The van der Waals surface area contributed by atoms with Crippen molar-refractivity contribution < 1.29 is 28.5 Å². The summed E-state index contributed by atoms with van der Waals surface area (Å²) in [5.41, 5.74) is 0.491. The molecule has 0 amide bonds. The Kier molecular flexibility index (Phi) is 7.95. The Balaban J connectivity index is 2.65. The van der Waals surface area contributed by atoms with Gasteiger partial charge in [-0.1, -0.05) is 24.8 Å². The Labute approximate surface area is 172 Å². The van der Waals surface area contributed by atoms with Crippen molar-refractivity contribution in [1.82, 2.24) is 0 Å². The molecule has 0 bridgehead atoms. The number of para-hydroxylation sites is 1. The highest BCUT2D eigenvalue weighted by atomic mass is 16.7. The van der Waals surface area contributed by atoms with E-state index in [1.807, 2.05) is 39.0 Å². The number of rotatable bonds is 11. The van der Waals surface area contributed by atoms with Crippen LogP contribution in [0.3, 0.4) is 0 Å². The van der Waals surface area contributed by atoms with Gasteiger partial charge < -0.3 is 23.7 Å². The Hall–Kier alpha value is -3.15. The van der Waals surface area contributed by atoms with E-state index in [4.69, 9.17) is 23.7 Å². The fraction of sp³-hybridized carbons (Fsp3) is 0.348. The number of benzene rings is 2. The van der Waals surface area contributed by atoms with Crippen LogP contribution in [0.25, 0.3) is 0 Å². The lowest BCUT2D eigenvalue weighted by Gasteiger charge is -2.32. The molecule has 6 heteroatoms. The number of ether oxygens (including phenoxy) is 5. The maximum atomic E-state index is 12.1. The van der Waals surface area contributed by atoms with Crippen molar-refractivity contribution >= 4 is 5.97 Å². The van der Waals surface area contributed by atoms with Gasteiger partial charge in [-0.2, -0.15) is 0 Å². The minimum Gasteiger partial charge on any atom is -0.490 e. The van der Waals surface area contributed by atoms with Crippen molar-refractivity contribution in [2.24, 2.45) is 0 Å². The topological polar surface area (TPSA) is 63.2 Å². The zero-order valence-corrected chi connectivity index (χ0v) is 17.4. The second-order valence-electron chi connectivity index (χ2n) is 6.05. The van der Waals surface area contributed by atoms with E-state index in [1.54, 1.807) is 31.2 Å².